The predicted molar refractivity (Wildman–Crippen MR) is 95.4 cm³/mol. The number of nitrogens with one attached hydrogen (secondary N) is 1. The van der Waals surface area contributed by atoms with Gasteiger partial charge >= 0.3 is 0 Å². The van der Waals surface area contributed by atoms with Crippen LogP contribution in [0, 0.1) is 0 Å². The van der Waals surface area contributed by atoms with Crippen LogP contribution < -0.4 is 11.2 Å². The van der Waals surface area contributed by atoms with Crippen molar-refractivity contribution in [1.82, 2.24) is 14.9 Å². The number of nitrogens with zero attached hydrogens (tertiary/aromatic N) is 3. The molecule has 1 saturated carbocycles. The van der Waals surface area contributed by atoms with Gasteiger partial charge in [0.25, 0.3) is 0 Å². The first-order chi connectivity index (χ1) is 11.7. The molecule has 0 bridgehead atoms. The SMILES string of the molecule is Nn1c(SCC(=O)Nc2ccc3ccccc3c2)nnc1C1CC1. The summed E-state index contributed by atoms with van der Waals surface area (Å²) in [5.41, 5.74) is 0.784. The highest BCUT2D eigenvalue weighted by molar-refractivity contribution is 7.99. The highest BCUT2D eigenvalue weighted by atomic mass is 32.2. The average Bonchev–Trinajstić information content (AvgIpc) is 3.36. The summed E-state index contributed by atoms with van der Waals surface area (Å²) in [7, 11) is 0. The van der Waals surface area contributed by atoms with Crippen molar-refractivity contribution in [2.45, 2.75) is 23.9 Å². The first-order valence-corrected chi connectivity index (χ1v) is 8.81. The maximum absolute atomic E-state index is 12.2. The number of amides is 1. The molecule has 0 spiro atoms. The largest absolute Gasteiger partial charge is 0.336 e. The molecule has 3 N–H and O–H groups in total. The van der Waals surface area contributed by atoms with Crippen LogP contribution in [-0.2, 0) is 4.79 Å². The second kappa shape index (κ2) is 6.16. The van der Waals surface area contributed by atoms with Crippen LogP contribution in [0.4, 0.5) is 5.69 Å². The summed E-state index contributed by atoms with van der Waals surface area (Å²) in [6, 6.07) is 13.9. The number of carbonyl (C=O) groups is 1. The number of hydrogen-bond acceptors (Lipinski definition) is 5. The van der Waals surface area contributed by atoms with Crippen molar-refractivity contribution in [3.05, 3.63) is 48.3 Å². The van der Waals surface area contributed by atoms with E-state index >= 15 is 0 Å². The van der Waals surface area contributed by atoms with Gasteiger partial charge in [0.2, 0.25) is 11.1 Å². The van der Waals surface area contributed by atoms with Gasteiger partial charge in [-0.1, -0.05) is 42.1 Å². The van der Waals surface area contributed by atoms with E-state index < -0.39 is 0 Å². The van der Waals surface area contributed by atoms with Crippen LogP contribution in [-0.4, -0.2) is 26.5 Å². The number of nitrogens with two attached hydrogens (primary N) is 1. The van der Waals surface area contributed by atoms with E-state index in [2.05, 4.69) is 15.5 Å². The zero-order chi connectivity index (χ0) is 16.5. The Bertz CT molecular complexity index is 903. The Morgan fingerprint density at radius 2 is 2.00 bits per heavy atom. The minimum Gasteiger partial charge on any atom is -0.336 e. The van der Waals surface area contributed by atoms with Crippen molar-refractivity contribution in [3.63, 3.8) is 0 Å². The van der Waals surface area contributed by atoms with E-state index in [1.807, 2.05) is 42.5 Å². The summed E-state index contributed by atoms with van der Waals surface area (Å²) in [5, 5.41) is 13.9. The Kier molecular flexibility index (Phi) is 3.86. The van der Waals surface area contributed by atoms with Gasteiger partial charge in [-0.25, -0.2) is 4.68 Å². The van der Waals surface area contributed by atoms with E-state index in [0.29, 0.717) is 11.1 Å². The second-order valence-corrected chi connectivity index (χ2v) is 6.83. The number of aromatic nitrogens is 3. The fraction of sp³-hybridized carbons (Fsp3) is 0.235. The van der Waals surface area contributed by atoms with Crippen molar-refractivity contribution in [1.29, 1.82) is 0 Å². The summed E-state index contributed by atoms with van der Waals surface area (Å²) in [6.45, 7) is 0. The summed E-state index contributed by atoms with van der Waals surface area (Å²) >= 11 is 1.30. The average molecular weight is 339 g/mol. The monoisotopic (exact) mass is 339 g/mol. The smallest absolute Gasteiger partial charge is 0.234 e. The lowest BCUT2D eigenvalue weighted by molar-refractivity contribution is -0.113. The van der Waals surface area contributed by atoms with Gasteiger partial charge in [0, 0.05) is 11.6 Å². The van der Waals surface area contributed by atoms with Gasteiger partial charge in [-0.3, -0.25) is 4.79 Å². The van der Waals surface area contributed by atoms with Gasteiger partial charge in [0.1, 0.15) is 0 Å². The molecule has 0 unspecified atom stereocenters. The molecule has 1 aliphatic carbocycles. The van der Waals surface area contributed by atoms with Crippen molar-refractivity contribution >= 4 is 34.1 Å². The molecule has 0 atom stereocenters. The van der Waals surface area contributed by atoms with E-state index in [1.54, 1.807) is 0 Å². The molecule has 7 heteroatoms. The number of fused-ring (bicyclic) bond motifs is 1. The van der Waals surface area contributed by atoms with Crippen LogP contribution in [0.2, 0.25) is 0 Å². The summed E-state index contributed by atoms with van der Waals surface area (Å²) in [4.78, 5) is 12.2. The Morgan fingerprint density at radius 1 is 1.21 bits per heavy atom. The fourth-order valence-electron chi connectivity index (χ4n) is 2.60. The standard InChI is InChI=1S/C17H17N5OS/c18-22-16(12-5-6-12)20-21-17(22)24-10-15(23)19-14-8-7-11-3-1-2-4-13(11)9-14/h1-4,7-9,12H,5-6,10,18H2,(H,19,23). The van der Waals surface area contributed by atoms with E-state index in [0.717, 1.165) is 35.1 Å². The Labute approximate surface area is 143 Å². The molecule has 6 nitrogen and oxygen atoms in total. The molecule has 0 saturated heterocycles. The van der Waals surface area contributed by atoms with Gasteiger partial charge in [-0.15, -0.1) is 10.2 Å². The van der Waals surface area contributed by atoms with E-state index in [4.69, 9.17) is 5.84 Å². The molecule has 3 aromatic rings. The third-order valence-corrected chi connectivity index (χ3v) is 4.94. The van der Waals surface area contributed by atoms with Gasteiger partial charge in [0.05, 0.1) is 5.75 Å². The van der Waals surface area contributed by atoms with Crippen molar-refractivity contribution in [3.8, 4) is 0 Å². The van der Waals surface area contributed by atoms with Crippen LogP contribution in [0.25, 0.3) is 10.8 Å². The first-order valence-electron chi connectivity index (χ1n) is 7.82. The summed E-state index contributed by atoms with van der Waals surface area (Å²) in [5.74, 6) is 7.38. The predicted octanol–water partition coefficient (Wildman–Crippen LogP) is 2.75. The van der Waals surface area contributed by atoms with Crippen LogP contribution in [0.3, 0.4) is 0 Å². The van der Waals surface area contributed by atoms with Gasteiger partial charge in [-0.2, -0.15) is 0 Å². The first kappa shape index (κ1) is 15.0. The number of hydrogen-bond donors (Lipinski definition) is 2. The number of thioether (sulfide) groups is 1. The molecule has 122 valence electrons. The lowest BCUT2D eigenvalue weighted by Crippen LogP contribution is -2.17. The minimum absolute atomic E-state index is 0.0914. The lowest BCUT2D eigenvalue weighted by Gasteiger charge is -2.06. The summed E-state index contributed by atoms with van der Waals surface area (Å²) in [6.07, 6.45) is 2.23. The lowest BCUT2D eigenvalue weighted by atomic mass is 10.1. The van der Waals surface area contributed by atoms with Crippen LogP contribution in [0.15, 0.2) is 47.6 Å². The minimum atomic E-state index is -0.0914. The molecule has 1 amide bonds. The maximum Gasteiger partial charge on any atom is 0.234 e. The Morgan fingerprint density at radius 3 is 2.79 bits per heavy atom. The highest BCUT2D eigenvalue weighted by Gasteiger charge is 2.30. The number of rotatable bonds is 5. The summed E-state index contributed by atoms with van der Waals surface area (Å²) < 4.78 is 1.51. The van der Waals surface area contributed by atoms with Gasteiger partial charge in [-0.05, 0) is 35.7 Å². The van der Waals surface area contributed by atoms with E-state index in [1.165, 1.54) is 16.4 Å². The molecule has 4 rings (SSSR count). The maximum atomic E-state index is 12.2. The molecule has 1 heterocycles. The molecular formula is C17H17N5OS. The quantitative estimate of drug-likeness (QED) is 0.551. The normalized spacial score (nSPS) is 14.0. The number of carbonyl (C=O) groups excluding carboxylic acids is 1. The number of benzene rings is 2. The Hall–Kier alpha value is -2.54. The van der Waals surface area contributed by atoms with Crippen molar-refractivity contribution < 1.29 is 4.79 Å². The molecule has 24 heavy (non-hydrogen) atoms. The van der Waals surface area contributed by atoms with Crippen LogP contribution in [0.1, 0.15) is 24.6 Å². The zero-order valence-corrected chi connectivity index (χ0v) is 13.8. The van der Waals surface area contributed by atoms with E-state index in [-0.39, 0.29) is 11.7 Å². The molecule has 0 radical (unpaired) electrons. The fourth-order valence-corrected chi connectivity index (χ4v) is 3.26. The molecule has 1 fully saturated rings. The van der Waals surface area contributed by atoms with Crippen molar-refractivity contribution in [2.75, 3.05) is 16.9 Å². The molecule has 0 aliphatic heterocycles. The Balaban J connectivity index is 1.39. The zero-order valence-electron chi connectivity index (χ0n) is 13.0. The topological polar surface area (TPSA) is 85.8 Å². The molecule has 2 aromatic carbocycles. The van der Waals surface area contributed by atoms with Crippen LogP contribution >= 0.6 is 11.8 Å². The third kappa shape index (κ3) is 3.07. The highest BCUT2D eigenvalue weighted by Crippen LogP contribution is 2.39. The molecule has 1 aliphatic rings. The second-order valence-electron chi connectivity index (χ2n) is 5.88. The van der Waals surface area contributed by atoms with Gasteiger partial charge in [0.15, 0.2) is 5.82 Å². The van der Waals surface area contributed by atoms with E-state index in [9.17, 15) is 4.79 Å². The number of anilines is 1. The third-order valence-electron chi connectivity index (χ3n) is 4.00. The van der Waals surface area contributed by atoms with Crippen LogP contribution in [0.5, 0.6) is 0 Å². The molecule has 1 aromatic heterocycles. The van der Waals surface area contributed by atoms with Gasteiger partial charge < -0.3 is 11.2 Å². The molecular weight excluding hydrogens is 322 g/mol. The van der Waals surface area contributed by atoms with Crippen molar-refractivity contribution in [2.24, 2.45) is 0 Å². The number of nitrogen functional groups attached to an aromatic ring is 1.